The maximum atomic E-state index is 9.29. The molecule has 0 bridgehead atoms. The molecule has 1 N–H and O–H groups in total. The summed E-state index contributed by atoms with van der Waals surface area (Å²) in [5.74, 6) is 2.14. The van der Waals surface area contributed by atoms with Gasteiger partial charge in [0.05, 0.1) is 12.2 Å². The van der Waals surface area contributed by atoms with E-state index in [1.165, 1.54) is 0 Å². The highest BCUT2D eigenvalue weighted by molar-refractivity contribution is 5.62. The molecular weight excluding hydrogens is 450 g/mol. The van der Waals surface area contributed by atoms with Gasteiger partial charge in [-0.25, -0.2) is 4.98 Å². The van der Waals surface area contributed by atoms with E-state index in [0.717, 1.165) is 58.0 Å². The molecule has 0 saturated carbocycles. The first kappa shape index (κ1) is 23.6. The normalized spacial score (nSPS) is 11.1. The average Bonchev–Trinajstić information content (AvgIpc) is 3.51. The highest BCUT2D eigenvalue weighted by Crippen LogP contribution is 2.25. The summed E-state index contributed by atoms with van der Waals surface area (Å²) in [6.45, 7) is 3.07. The third-order valence-corrected chi connectivity index (χ3v) is 6.05. The van der Waals surface area contributed by atoms with Gasteiger partial charge in [-0.2, -0.15) is 5.10 Å². The fraction of sp³-hybridized carbons (Fsp3) is 0.200. The maximum Gasteiger partial charge on any atom is 0.226 e. The summed E-state index contributed by atoms with van der Waals surface area (Å²) < 4.78 is 13.8. The minimum absolute atomic E-state index is 0.169. The Bertz CT molecular complexity index is 1390. The molecule has 0 atom stereocenters. The molecule has 2 aromatic heterocycles. The summed E-state index contributed by atoms with van der Waals surface area (Å²) in [5, 5.41) is 14.1. The molecule has 0 radical (unpaired) electrons. The number of rotatable bonds is 10. The SMILES string of the molecule is Cc1oc(-c2ccccc2)nc1COc1ccc(Cn2cc(CCCO)c(-c3ccccc3)n2)cc1. The van der Waals surface area contributed by atoms with Crippen molar-refractivity contribution in [3.8, 4) is 28.5 Å². The Labute approximate surface area is 210 Å². The molecule has 3 aromatic carbocycles. The fourth-order valence-corrected chi connectivity index (χ4v) is 4.13. The molecule has 0 aliphatic heterocycles. The minimum atomic E-state index is 0.169. The Morgan fingerprint density at radius 3 is 2.28 bits per heavy atom. The van der Waals surface area contributed by atoms with Gasteiger partial charge < -0.3 is 14.3 Å². The van der Waals surface area contributed by atoms with Crippen LogP contribution in [0.5, 0.6) is 5.75 Å². The summed E-state index contributed by atoms with van der Waals surface area (Å²) in [6.07, 6.45) is 3.59. The summed E-state index contributed by atoms with van der Waals surface area (Å²) >= 11 is 0. The second kappa shape index (κ2) is 11.1. The number of nitrogens with zero attached hydrogens (tertiary/aromatic N) is 3. The number of oxazole rings is 1. The zero-order valence-electron chi connectivity index (χ0n) is 20.3. The number of ether oxygens (including phenoxy) is 1. The van der Waals surface area contributed by atoms with E-state index in [9.17, 15) is 5.11 Å². The van der Waals surface area contributed by atoms with Crippen LogP contribution in [-0.4, -0.2) is 26.5 Å². The number of benzene rings is 3. The predicted molar refractivity (Wildman–Crippen MR) is 140 cm³/mol. The number of hydrogen-bond donors (Lipinski definition) is 1. The average molecular weight is 480 g/mol. The largest absolute Gasteiger partial charge is 0.487 e. The van der Waals surface area contributed by atoms with Gasteiger partial charge in [-0.1, -0.05) is 60.7 Å². The lowest BCUT2D eigenvalue weighted by Gasteiger charge is -2.07. The van der Waals surface area contributed by atoms with Crippen molar-refractivity contribution < 1.29 is 14.3 Å². The number of hydrogen-bond acceptors (Lipinski definition) is 5. The second-order valence-electron chi connectivity index (χ2n) is 8.71. The summed E-state index contributed by atoms with van der Waals surface area (Å²) in [7, 11) is 0. The second-order valence-corrected chi connectivity index (χ2v) is 8.71. The fourth-order valence-electron chi connectivity index (χ4n) is 4.13. The summed E-state index contributed by atoms with van der Waals surface area (Å²) in [4.78, 5) is 4.61. The molecule has 0 unspecified atom stereocenters. The Morgan fingerprint density at radius 1 is 0.889 bits per heavy atom. The quantitative estimate of drug-likeness (QED) is 0.263. The van der Waals surface area contributed by atoms with Crippen LogP contribution < -0.4 is 4.74 Å². The van der Waals surface area contributed by atoms with Crippen molar-refractivity contribution >= 4 is 0 Å². The Hall–Kier alpha value is -4.16. The van der Waals surface area contributed by atoms with E-state index in [4.69, 9.17) is 14.3 Å². The molecule has 5 rings (SSSR count). The Morgan fingerprint density at radius 2 is 1.58 bits per heavy atom. The van der Waals surface area contributed by atoms with Crippen molar-refractivity contribution in [3.05, 3.63) is 114 Å². The maximum absolute atomic E-state index is 9.29. The number of aryl methyl sites for hydroxylation is 2. The molecule has 0 saturated heterocycles. The molecule has 0 spiro atoms. The minimum Gasteiger partial charge on any atom is -0.487 e. The van der Waals surface area contributed by atoms with Crippen LogP contribution in [0.15, 0.2) is 95.5 Å². The van der Waals surface area contributed by atoms with Gasteiger partial charge in [0.15, 0.2) is 0 Å². The van der Waals surface area contributed by atoms with E-state index in [0.29, 0.717) is 19.0 Å². The first-order valence-electron chi connectivity index (χ1n) is 12.2. The van der Waals surface area contributed by atoms with Crippen molar-refractivity contribution in [2.75, 3.05) is 6.61 Å². The number of aromatic nitrogens is 3. The lowest BCUT2D eigenvalue weighted by molar-refractivity contribution is 0.288. The molecule has 0 aliphatic rings. The molecule has 6 nitrogen and oxygen atoms in total. The van der Waals surface area contributed by atoms with E-state index in [1.807, 2.05) is 72.3 Å². The van der Waals surface area contributed by atoms with Crippen molar-refractivity contribution in [2.45, 2.75) is 32.9 Å². The van der Waals surface area contributed by atoms with Crippen LogP contribution in [-0.2, 0) is 19.6 Å². The molecule has 0 fully saturated rings. The topological polar surface area (TPSA) is 73.3 Å². The van der Waals surface area contributed by atoms with Crippen LogP contribution in [0.25, 0.3) is 22.7 Å². The van der Waals surface area contributed by atoms with Gasteiger partial charge in [0.2, 0.25) is 5.89 Å². The third-order valence-electron chi connectivity index (χ3n) is 6.05. The highest BCUT2D eigenvalue weighted by atomic mass is 16.5. The van der Waals surface area contributed by atoms with Crippen molar-refractivity contribution in [1.29, 1.82) is 0 Å². The molecule has 36 heavy (non-hydrogen) atoms. The molecule has 5 aromatic rings. The van der Waals surface area contributed by atoms with Crippen LogP contribution in [0.1, 0.15) is 29.0 Å². The number of aliphatic hydroxyl groups excluding tert-OH is 1. The zero-order chi connectivity index (χ0) is 24.7. The molecular formula is C30H29N3O3. The predicted octanol–water partition coefficient (Wildman–Crippen LogP) is 6.07. The van der Waals surface area contributed by atoms with Gasteiger partial charge in [-0.15, -0.1) is 0 Å². The van der Waals surface area contributed by atoms with Crippen LogP contribution in [0.3, 0.4) is 0 Å². The van der Waals surface area contributed by atoms with Gasteiger partial charge in [-0.3, -0.25) is 4.68 Å². The van der Waals surface area contributed by atoms with Gasteiger partial charge in [0.1, 0.15) is 23.8 Å². The van der Waals surface area contributed by atoms with Crippen LogP contribution in [0.4, 0.5) is 0 Å². The van der Waals surface area contributed by atoms with Gasteiger partial charge >= 0.3 is 0 Å². The lowest BCUT2D eigenvalue weighted by Crippen LogP contribution is -2.01. The summed E-state index contributed by atoms with van der Waals surface area (Å²) in [5.41, 5.74) is 6.08. The number of aliphatic hydroxyl groups is 1. The molecule has 6 heteroatoms. The van der Waals surface area contributed by atoms with E-state index in [-0.39, 0.29) is 6.61 Å². The molecule has 2 heterocycles. The smallest absolute Gasteiger partial charge is 0.226 e. The van der Waals surface area contributed by atoms with Crippen molar-refractivity contribution in [1.82, 2.24) is 14.8 Å². The lowest BCUT2D eigenvalue weighted by atomic mass is 10.1. The van der Waals surface area contributed by atoms with Gasteiger partial charge in [-0.05, 0) is 55.2 Å². The Balaban J connectivity index is 1.24. The molecule has 0 amide bonds. The van der Waals surface area contributed by atoms with Gasteiger partial charge in [0.25, 0.3) is 0 Å². The van der Waals surface area contributed by atoms with E-state index >= 15 is 0 Å². The van der Waals surface area contributed by atoms with Crippen LogP contribution in [0.2, 0.25) is 0 Å². The monoisotopic (exact) mass is 479 g/mol. The molecule has 182 valence electrons. The van der Waals surface area contributed by atoms with Crippen molar-refractivity contribution in [3.63, 3.8) is 0 Å². The third kappa shape index (κ3) is 5.56. The van der Waals surface area contributed by atoms with E-state index in [1.54, 1.807) is 0 Å². The molecule has 0 aliphatic carbocycles. The van der Waals surface area contributed by atoms with Gasteiger partial charge in [0, 0.05) is 23.9 Å². The Kier molecular flexibility index (Phi) is 7.24. The highest BCUT2D eigenvalue weighted by Gasteiger charge is 2.13. The summed E-state index contributed by atoms with van der Waals surface area (Å²) in [6, 6.07) is 28.1. The van der Waals surface area contributed by atoms with Crippen LogP contribution >= 0.6 is 0 Å². The first-order valence-corrected chi connectivity index (χ1v) is 12.2. The first-order chi connectivity index (χ1) is 17.7. The standard InChI is InChI=1S/C30H29N3O3/c1-22-28(31-30(36-22)25-11-6-3-7-12-25)21-35-27-16-14-23(15-17-27)19-33-20-26(13-8-18-34)29(32-33)24-9-4-2-5-10-24/h2-7,9-12,14-17,20,34H,8,13,18-19,21H2,1H3. The van der Waals surface area contributed by atoms with Crippen LogP contribution in [0, 0.1) is 6.92 Å². The van der Waals surface area contributed by atoms with E-state index in [2.05, 4.69) is 35.4 Å². The van der Waals surface area contributed by atoms with E-state index < -0.39 is 0 Å². The zero-order valence-corrected chi connectivity index (χ0v) is 20.3. The van der Waals surface area contributed by atoms with Crippen molar-refractivity contribution in [2.24, 2.45) is 0 Å².